The van der Waals surface area contributed by atoms with Crippen LogP contribution in [0.25, 0.3) is 6.08 Å². The zero-order valence-electron chi connectivity index (χ0n) is 12.7. The molecule has 0 saturated heterocycles. The maximum Gasteiger partial charge on any atom is 0.231 e. The molecular formula is C19H18O3. The van der Waals surface area contributed by atoms with Gasteiger partial charge in [-0.2, -0.15) is 0 Å². The second-order valence-corrected chi connectivity index (χ2v) is 5.74. The van der Waals surface area contributed by atoms with Crippen LogP contribution in [0, 0.1) is 0 Å². The summed E-state index contributed by atoms with van der Waals surface area (Å²) in [7, 11) is 0. The molecule has 0 spiro atoms. The van der Waals surface area contributed by atoms with Crippen LogP contribution in [-0.2, 0) is 0 Å². The topological polar surface area (TPSA) is 27.7 Å². The fourth-order valence-corrected chi connectivity index (χ4v) is 3.17. The van der Waals surface area contributed by atoms with E-state index < -0.39 is 0 Å². The van der Waals surface area contributed by atoms with Crippen LogP contribution < -0.4 is 14.2 Å². The molecule has 0 radical (unpaired) electrons. The van der Waals surface area contributed by atoms with Crippen LogP contribution in [0.1, 0.15) is 42.6 Å². The highest BCUT2D eigenvalue weighted by atomic mass is 16.7. The molecule has 0 aromatic heterocycles. The van der Waals surface area contributed by atoms with E-state index >= 15 is 0 Å². The Labute approximate surface area is 130 Å². The molecular weight excluding hydrogens is 276 g/mol. The summed E-state index contributed by atoms with van der Waals surface area (Å²) in [5, 5.41) is 0. The third-order valence-electron chi connectivity index (χ3n) is 4.32. The monoisotopic (exact) mass is 294 g/mol. The van der Waals surface area contributed by atoms with Crippen LogP contribution in [-0.4, -0.2) is 6.79 Å². The minimum atomic E-state index is 0.0188. The van der Waals surface area contributed by atoms with E-state index in [0.717, 1.165) is 22.8 Å². The van der Waals surface area contributed by atoms with Gasteiger partial charge in [0.25, 0.3) is 0 Å². The van der Waals surface area contributed by atoms with Crippen molar-refractivity contribution in [2.24, 2.45) is 0 Å². The molecule has 0 amide bonds. The Morgan fingerprint density at radius 1 is 1.00 bits per heavy atom. The van der Waals surface area contributed by atoms with E-state index in [4.69, 9.17) is 14.2 Å². The Morgan fingerprint density at radius 2 is 1.82 bits per heavy atom. The first-order valence-corrected chi connectivity index (χ1v) is 7.59. The van der Waals surface area contributed by atoms with Gasteiger partial charge < -0.3 is 14.2 Å². The molecule has 0 saturated carbocycles. The quantitative estimate of drug-likeness (QED) is 0.804. The summed E-state index contributed by atoms with van der Waals surface area (Å²) in [6.07, 6.45) is 4.18. The van der Waals surface area contributed by atoms with Crippen molar-refractivity contribution in [3.63, 3.8) is 0 Å². The van der Waals surface area contributed by atoms with Gasteiger partial charge in [0, 0.05) is 11.5 Å². The van der Waals surface area contributed by atoms with Crippen LogP contribution in [0.2, 0.25) is 0 Å². The van der Waals surface area contributed by atoms with Gasteiger partial charge in [0.05, 0.1) is 0 Å². The molecule has 22 heavy (non-hydrogen) atoms. The summed E-state index contributed by atoms with van der Waals surface area (Å²) in [5.41, 5.74) is 3.60. The van der Waals surface area contributed by atoms with Crippen LogP contribution in [0.15, 0.2) is 42.5 Å². The molecule has 2 aliphatic heterocycles. The van der Waals surface area contributed by atoms with Crippen molar-refractivity contribution in [2.75, 3.05) is 6.79 Å². The molecule has 3 nitrogen and oxygen atoms in total. The first-order valence-electron chi connectivity index (χ1n) is 7.59. The number of hydrogen-bond donors (Lipinski definition) is 0. The van der Waals surface area contributed by atoms with Gasteiger partial charge in [0.2, 0.25) is 6.79 Å². The predicted octanol–water partition coefficient (Wildman–Crippen LogP) is 4.69. The van der Waals surface area contributed by atoms with Gasteiger partial charge in [0.1, 0.15) is 11.9 Å². The molecule has 3 heteroatoms. The molecule has 0 fully saturated rings. The van der Waals surface area contributed by atoms with Crippen molar-refractivity contribution in [2.45, 2.75) is 25.9 Å². The van der Waals surface area contributed by atoms with E-state index in [1.165, 1.54) is 11.1 Å². The summed E-state index contributed by atoms with van der Waals surface area (Å²) in [4.78, 5) is 0. The average Bonchev–Trinajstić information content (AvgIpc) is 3.12. The summed E-state index contributed by atoms with van der Waals surface area (Å²) in [6.45, 7) is 4.54. The van der Waals surface area contributed by atoms with Crippen LogP contribution in [0.5, 0.6) is 17.2 Å². The lowest BCUT2D eigenvalue weighted by Gasteiger charge is -2.16. The molecule has 4 rings (SSSR count). The number of benzene rings is 2. The van der Waals surface area contributed by atoms with Gasteiger partial charge in [-0.1, -0.05) is 31.2 Å². The van der Waals surface area contributed by atoms with Crippen LogP contribution >= 0.6 is 0 Å². The standard InChI is InChI=1S/C19H18O3/c1-3-4-13-5-7-16-15(9-13)12(2)19(22-16)14-6-8-17-18(10-14)21-11-20-17/h3-10,12,19H,11H2,1-2H3/t12-,19-/m0/s1. The summed E-state index contributed by atoms with van der Waals surface area (Å²) >= 11 is 0. The third-order valence-corrected chi connectivity index (χ3v) is 4.32. The lowest BCUT2D eigenvalue weighted by atomic mass is 9.92. The molecule has 0 unspecified atom stereocenters. The van der Waals surface area contributed by atoms with Crippen molar-refractivity contribution in [1.82, 2.24) is 0 Å². The fourth-order valence-electron chi connectivity index (χ4n) is 3.17. The third kappa shape index (κ3) is 2.05. The second kappa shape index (κ2) is 5.09. The zero-order chi connectivity index (χ0) is 15.1. The highest BCUT2D eigenvalue weighted by molar-refractivity contribution is 5.56. The van der Waals surface area contributed by atoms with Gasteiger partial charge in [0.15, 0.2) is 11.5 Å². The lowest BCUT2D eigenvalue weighted by molar-refractivity contribution is 0.173. The Kier molecular flexibility index (Phi) is 3.07. The molecule has 0 aliphatic carbocycles. The van der Waals surface area contributed by atoms with E-state index in [1.807, 2.05) is 19.1 Å². The van der Waals surface area contributed by atoms with Gasteiger partial charge in [-0.3, -0.25) is 0 Å². The largest absolute Gasteiger partial charge is 0.485 e. The number of allylic oxidation sites excluding steroid dienone is 1. The SMILES string of the molecule is CC=Cc1ccc2c(c1)[C@H](C)[C@@H](c1ccc3c(c1)OCO3)O2. The number of fused-ring (bicyclic) bond motifs is 2. The van der Waals surface area contributed by atoms with Gasteiger partial charge in [-0.25, -0.2) is 0 Å². The van der Waals surface area contributed by atoms with Gasteiger partial charge in [-0.15, -0.1) is 0 Å². The Hall–Kier alpha value is -2.42. The van der Waals surface area contributed by atoms with Crippen LogP contribution in [0.4, 0.5) is 0 Å². The Bertz CT molecular complexity index is 748. The van der Waals surface area contributed by atoms with Crippen LogP contribution in [0.3, 0.4) is 0 Å². The predicted molar refractivity (Wildman–Crippen MR) is 85.5 cm³/mol. The average molecular weight is 294 g/mol. The van der Waals surface area contributed by atoms with E-state index in [9.17, 15) is 0 Å². The first kappa shape index (κ1) is 13.3. The van der Waals surface area contributed by atoms with E-state index in [-0.39, 0.29) is 6.10 Å². The molecule has 2 aromatic carbocycles. The second-order valence-electron chi connectivity index (χ2n) is 5.74. The smallest absolute Gasteiger partial charge is 0.231 e. The summed E-state index contributed by atoms with van der Waals surface area (Å²) < 4.78 is 17.0. The summed E-state index contributed by atoms with van der Waals surface area (Å²) in [5.74, 6) is 2.89. The molecule has 112 valence electrons. The van der Waals surface area contributed by atoms with Crippen molar-refractivity contribution >= 4 is 6.08 Å². The normalized spacial score (nSPS) is 21.9. The maximum atomic E-state index is 6.18. The minimum Gasteiger partial charge on any atom is -0.485 e. The lowest BCUT2D eigenvalue weighted by Crippen LogP contribution is -2.07. The highest BCUT2D eigenvalue weighted by Crippen LogP contribution is 2.47. The van der Waals surface area contributed by atoms with Gasteiger partial charge in [-0.05, 0) is 42.3 Å². The van der Waals surface area contributed by atoms with Crippen molar-refractivity contribution < 1.29 is 14.2 Å². The highest BCUT2D eigenvalue weighted by Gasteiger charge is 2.33. The number of hydrogen-bond acceptors (Lipinski definition) is 3. The van der Waals surface area contributed by atoms with E-state index in [1.54, 1.807) is 0 Å². The molecule has 2 aromatic rings. The zero-order valence-corrected chi connectivity index (χ0v) is 12.7. The molecule has 2 aliphatic rings. The molecule has 0 bridgehead atoms. The molecule has 0 N–H and O–H groups in total. The number of ether oxygens (including phenoxy) is 3. The molecule has 2 atom stereocenters. The van der Waals surface area contributed by atoms with E-state index in [0.29, 0.717) is 12.7 Å². The first-order chi connectivity index (χ1) is 10.8. The fraction of sp³-hybridized carbons (Fsp3) is 0.263. The van der Waals surface area contributed by atoms with Crippen molar-refractivity contribution in [1.29, 1.82) is 0 Å². The Balaban J connectivity index is 1.68. The summed E-state index contributed by atoms with van der Waals surface area (Å²) in [6, 6.07) is 12.4. The van der Waals surface area contributed by atoms with Crippen molar-refractivity contribution in [3.05, 3.63) is 59.2 Å². The molecule has 2 heterocycles. The number of rotatable bonds is 2. The van der Waals surface area contributed by atoms with E-state index in [2.05, 4.69) is 43.3 Å². The van der Waals surface area contributed by atoms with Gasteiger partial charge >= 0.3 is 0 Å². The minimum absolute atomic E-state index is 0.0188. The maximum absolute atomic E-state index is 6.18. The van der Waals surface area contributed by atoms with Crippen molar-refractivity contribution in [3.8, 4) is 17.2 Å². The Morgan fingerprint density at radius 3 is 2.68 bits per heavy atom.